The molecule has 0 saturated heterocycles. The first-order valence-corrected chi connectivity index (χ1v) is 11.8. The molecule has 0 atom stereocenters. The van der Waals surface area contributed by atoms with Crippen molar-refractivity contribution in [3.63, 3.8) is 0 Å². The predicted octanol–water partition coefficient (Wildman–Crippen LogP) is 7.29. The molecule has 0 spiro atoms. The van der Waals surface area contributed by atoms with E-state index in [-0.39, 0.29) is 11.9 Å². The lowest BCUT2D eigenvalue weighted by atomic mass is 9.78. The van der Waals surface area contributed by atoms with Crippen LogP contribution in [0.25, 0.3) is 0 Å². The Labute approximate surface area is 177 Å². The second-order valence-electron chi connectivity index (χ2n) is 9.06. The molecule has 0 bridgehead atoms. The van der Waals surface area contributed by atoms with Crippen molar-refractivity contribution in [2.45, 2.75) is 77.6 Å². The van der Waals surface area contributed by atoms with E-state index in [1.165, 1.54) is 44.1 Å². The van der Waals surface area contributed by atoms with E-state index < -0.39 is 0 Å². The first-order valence-electron chi connectivity index (χ1n) is 11.8. The number of hydrogen-bond donors (Lipinski definition) is 0. The number of benzene rings is 1. The van der Waals surface area contributed by atoms with Gasteiger partial charge in [0.05, 0.1) is 5.92 Å². The molecule has 0 radical (unpaired) electrons. The minimum atomic E-state index is -0.0467. The van der Waals surface area contributed by atoms with E-state index in [1.54, 1.807) is 0 Å². The Bertz CT molecular complexity index is 656. The number of aryl methyl sites for hydroxylation is 1. The molecule has 0 N–H and O–H groups in total. The highest BCUT2D eigenvalue weighted by Crippen LogP contribution is 2.35. The van der Waals surface area contributed by atoms with Crippen molar-refractivity contribution < 1.29 is 9.53 Å². The minimum Gasteiger partial charge on any atom is -0.426 e. The highest BCUT2D eigenvalue weighted by molar-refractivity contribution is 5.75. The second kappa shape index (κ2) is 11.4. The lowest BCUT2D eigenvalue weighted by Gasteiger charge is -2.28. The zero-order valence-corrected chi connectivity index (χ0v) is 18.2. The topological polar surface area (TPSA) is 26.3 Å². The van der Waals surface area contributed by atoms with Gasteiger partial charge in [-0.3, -0.25) is 4.79 Å². The Morgan fingerprint density at radius 1 is 0.966 bits per heavy atom. The van der Waals surface area contributed by atoms with E-state index in [4.69, 9.17) is 4.74 Å². The zero-order valence-electron chi connectivity index (χ0n) is 18.2. The highest BCUT2D eigenvalue weighted by atomic mass is 16.5. The number of allylic oxidation sites excluding steroid dienone is 3. The third-order valence-corrected chi connectivity index (χ3v) is 6.98. The highest BCUT2D eigenvalue weighted by Gasteiger charge is 2.27. The second-order valence-corrected chi connectivity index (χ2v) is 9.06. The SMILES string of the molecule is C=CCCC1CCC(C=CC2CCC(C(=O)Oc3ccc(CC)cc3)CC2)CC1. The van der Waals surface area contributed by atoms with Crippen LogP contribution in [0.3, 0.4) is 0 Å². The Hall–Kier alpha value is -1.83. The van der Waals surface area contributed by atoms with E-state index >= 15 is 0 Å². The smallest absolute Gasteiger partial charge is 0.314 e. The van der Waals surface area contributed by atoms with Crippen molar-refractivity contribution in [2.75, 3.05) is 0 Å². The fourth-order valence-electron chi connectivity index (χ4n) is 4.88. The Kier molecular flexibility index (Phi) is 8.58. The van der Waals surface area contributed by atoms with E-state index in [2.05, 4.69) is 31.7 Å². The molecular formula is C27H38O2. The summed E-state index contributed by atoms with van der Waals surface area (Å²) in [7, 11) is 0. The van der Waals surface area contributed by atoms with Gasteiger partial charge in [-0.1, -0.05) is 37.3 Å². The number of carbonyl (C=O) groups is 1. The summed E-state index contributed by atoms with van der Waals surface area (Å²) in [5.74, 6) is 3.01. The summed E-state index contributed by atoms with van der Waals surface area (Å²) >= 11 is 0. The molecule has 0 amide bonds. The summed E-state index contributed by atoms with van der Waals surface area (Å²) in [6.45, 7) is 5.97. The van der Waals surface area contributed by atoms with Gasteiger partial charge in [0.25, 0.3) is 0 Å². The fraction of sp³-hybridized carbons (Fsp3) is 0.593. The van der Waals surface area contributed by atoms with Crippen LogP contribution in [0, 0.1) is 23.7 Å². The van der Waals surface area contributed by atoms with Crippen molar-refractivity contribution in [3.05, 3.63) is 54.6 Å². The third-order valence-electron chi connectivity index (χ3n) is 6.98. The Morgan fingerprint density at radius 3 is 2.10 bits per heavy atom. The van der Waals surface area contributed by atoms with Gasteiger partial charge in [-0.05, 0) is 106 Å². The predicted molar refractivity (Wildman–Crippen MR) is 121 cm³/mol. The van der Waals surface area contributed by atoms with Crippen LogP contribution in [0.15, 0.2) is 49.1 Å². The minimum absolute atomic E-state index is 0.0467. The molecule has 2 heteroatoms. The van der Waals surface area contributed by atoms with Crippen LogP contribution in [0.4, 0.5) is 0 Å². The van der Waals surface area contributed by atoms with Crippen LogP contribution in [0.1, 0.15) is 76.7 Å². The maximum Gasteiger partial charge on any atom is 0.314 e. The molecule has 3 rings (SSSR count). The van der Waals surface area contributed by atoms with Crippen molar-refractivity contribution in [1.82, 2.24) is 0 Å². The van der Waals surface area contributed by atoms with E-state index in [1.807, 2.05) is 24.3 Å². The van der Waals surface area contributed by atoms with E-state index in [0.29, 0.717) is 11.7 Å². The normalized spacial score (nSPS) is 27.6. The summed E-state index contributed by atoms with van der Waals surface area (Å²) in [5, 5.41) is 0. The van der Waals surface area contributed by atoms with Gasteiger partial charge in [0.2, 0.25) is 0 Å². The first-order chi connectivity index (χ1) is 14.2. The number of hydrogen-bond acceptors (Lipinski definition) is 2. The van der Waals surface area contributed by atoms with E-state index in [0.717, 1.165) is 43.9 Å². The molecule has 0 aliphatic heterocycles. The maximum absolute atomic E-state index is 12.5. The van der Waals surface area contributed by atoms with Crippen LogP contribution >= 0.6 is 0 Å². The van der Waals surface area contributed by atoms with Gasteiger partial charge in [0, 0.05) is 0 Å². The summed E-state index contributed by atoms with van der Waals surface area (Å²) in [5.41, 5.74) is 1.27. The zero-order chi connectivity index (χ0) is 20.5. The number of rotatable bonds is 8. The van der Waals surface area contributed by atoms with Crippen molar-refractivity contribution >= 4 is 5.97 Å². The summed E-state index contributed by atoms with van der Waals surface area (Å²) in [6, 6.07) is 7.91. The molecule has 1 aromatic carbocycles. The summed E-state index contributed by atoms with van der Waals surface area (Å²) in [6.07, 6.45) is 20.1. The van der Waals surface area contributed by atoms with E-state index in [9.17, 15) is 4.79 Å². The maximum atomic E-state index is 12.5. The number of ether oxygens (including phenoxy) is 1. The Balaban J connectivity index is 1.37. The average Bonchev–Trinajstić information content (AvgIpc) is 2.78. The molecule has 29 heavy (non-hydrogen) atoms. The molecular weight excluding hydrogens is 356 g/mol. The molecule has 0 unspecified atom stereocenters. The number of carbonyl (C=O) groups excluding carboxylic acids is 1. The Morgan fingerprint density at radius 2 is 1.55 bits per heavy atom. The quantitative estimate of drug-likeness (QED) is 0.263. The van der Waals surface area contributed by atoms with Gasteiger partial charge in [0.1, 0.15) is 5.75 Å². The van der Waals surface area contributed by atoms with Crippen molar-refractivity contribution in [3.8, 4) is 5.75 Å². The van der Waals surface area contributed by atoms with Gasteiger partial charge in [-0.2, -0.15) is 0 Å². The molecule has 158 valence electrons. The summed E-state index contributed by atoms with van der Waals surface area (Å²) < 4.78 is 5.62. The largest absolute Gasteiger partial charge is 0.426 e. The fourth-order valence-corrected chi connectivity index (χ4v) is 4.88. The van der Waals surface area contributed by atoms with Crippen LogP contribution in [-0.4, -0.2) is 5.97 Å². The number of esters is 1. The monoisotopic (exact) mass is 394 g/mol. The van der Waals surface area contributed by atoms with Crippen LogP contribution in [0.5, 0.6) is 5.75 Å². The van der Waals surface area contributed by atoms with Gasteiger partial charge in [-0.15, -0.1) is 6.58 Å². The third kappa shape index (κ3) is 6.87. The summed E-state index contributed by atoms with van der Waals surface area (Å²) in [4.78, 5) is 12.5. The van der Waals surface area contributed by atoms with Crippen LogP contribution in [-0.2, 0) is 11.2 Å². The lowest BCUT2D eigenvalue weighted by Crippen LogP contribution is -2.25. The van der Waals surface area contributed by atoms with Gasteiger partial charge < -0.3 is 4.74 Å². The van der Waals surface area contributed by atoms with Gasteiger partial charge in [0.15, 0.2) is 0 Å². The van der Waals surface area contributed by atoms with Gasteiger partial charge >= 0.3 is 5.97 Å². The molecule has 1 aromatic rings. The molecule has 2 saturated carbocycles. The molecule has 2 aliphatic carbocycles. The van der Waals surface area contributed by atoms with Gasteiger partial charge in [-0.25, -0.2) is 0 Å². The molecule has 0 heterocycles. The molecule has 2 nitrogen and oxygen atoms in total. The molecule has 2 fully saturated rings. The first kappa shape index (κ1) is 21.9. The average molecular weight is 395 g/mol. The van der Waals surface area contributed by atoms with Crippen LogP contribution < -0.4 is 4.74 Å². The standard InChI is InChI=1S/C27H38O2/c1-3-5-6-22-7-9-23(10-8-22)11-12-24-13-17-25(18-14-24)27(28)29-26-19-15-21(4-2)16-20-26/h3,11-12,15-16,19-20,22-25H,1,4-10,13-14,17-18H2,2H3. The lowest BCUT2D eigenvalue weighted by molar-refractivity contribution is -0.140. The molecule has 0 aromatic heterocycles. The van der Waals surface area contributed by atoms with Crippen LogP contribution in [0.2, 0.25) is 0 Å². The van der Waals surface area contributed by atoms with Crippen molar-refractivity contribution in [1.29, 1.82) is 0 Å². The van der Waals surface area contributed by atoms with Crippen molar-refractivity contribution in [2.24, 2.45) is 23.7 Å². The molecule has 2 aliphatic rings.